The van der Waals surface area contributed by atoms with Crippen LogP contribution in [0.3, 0.4) is 0 Å². The highest BCUT2D eigenvalue weighted by molar-refractivity contribution is 6.33. The van der Waals surface area contributed by atoms with E-state index in [9.17, 15) is 9.59 Å². The van der Waals surface area contributed by atoms with Crippen molar-refractivity contribution in [1.82, 2.24) is 15.1 Å². The van der Waals surface area contributed by atoms with Crippen LogP contribution in [0.25, 0.3) is 11.5 Å². The first kappa shape index (κ1) is 27.7. The van der Waals surface area contributed by atoms with Crippen LogP contribution in [0.4, 0.5) is 5.69 Å². The highest BCUT2D eigenvalue weighted by Gasteiger charge is 2.29. The first-order valence-corrected chi connectivity index (χ1v) is 12.2. The zero-order valence-corrected chi connectivity index (χ0v) is 20.5. The van der Waals surface area contributed by atoms with E-state index in [0.29, 0.717) is 29.1 Å². The molecule has 1 saturated heterocycles. The molecule has 0 spiro atoms. The smallest absolute Gasteiger partial charge is 0.335 e. The van der Waals surface area contributed by atoms with E-state index in [4.69, 9.17) is 46.9 Å². The van der Waals surface area contributed by atoms with E-state index in [1.165, 1.54) is 32.4 Å². The number of piperidine rings is 1. The Morgan fingerprint density at radius 2 is 1.75 bits per heavy atom. The number of ether oxygens (including phenoxy) is 1. The summed E-state index contributed by atoms with van der Waals surface area (Å²) in [4.78, 5) is 22.1. The largest absolute Gasteiger partial charge is 0.492 e. The summed E-state index contributed by atoms with van der Waals surface area (Å²) in [6.07, 6.45) is 3.05. The normalized spacial score (nSPS) is 17.2. The average molecular weight is 527 g/mol. The molecule has 2 aliphatic heterocycles. The Kier molecular flexibility index (Phi) is 9.88. The van der Waals surface area contributed by atoms with Crippen molar-refractivity contribution >= 4 is 29.2 Å². The van der Waals surface area contributed by atoms with Gasteiger partial charge in [0, 0.05) is 12.0 Å². The number of hydrogen-bond acceptors (Lipinski definition) is 10. The molecule has 0 bridgehead atoms. The monoisotopic (exact) mass is 526 g/mol. The number of aliphatic hydroxyl groups is 2. The molecule has 2 aromatic rings. The van der Waals surface area contributed by atoms with E-state index >= 15 is 0 Å². The first-order chi connectivity index (χ1) is 17.2. The minimum Gasteiger partial charge on any atom is -0.492 e. The fourth-order valence-electron chi connectivity index (χ4n) is 4.06. The van der Waals surface area contributed by atoms with Gasteiger partial charge in [-0.3, -0.25) is 0 Å². The number of likely N-dealkylation sites (tertiary alicyclic amines) is 1. The third-order valence-electron chi connectivity index (χ3n) is 6.01. The lowest BCUT2D eigenvalue weighted by molar-refractivity contribution is -0.165. The Morgan fingerprint density at radius 3 is 2.39 bits per heavy atom. The highest BCUT2D eigenvalue weighted by atomic mass is 35.5. The second-order valence-corrected chi connectivity index (χ2v) is 9.06. The molecule has 0 radical (unpaired) electrons. The Morgan fingerprint density at radius 1 is 1.08 bits per heavy atom. The SMILES string of the molecule is Nc1c(Cl)cc(-c2nnc(CCCN3CCCCC3)o2)c2c1CCCO2.O=C(O)C(O)C(O)C(=O)O. The number of hydrogen-bond donors (Lipinski definition) is 5. The van der Waals surface area contributed by atoms with Gasteiger partial charge in [0.2, 0.25) is 5.89 Å². The van der Waals surface area contributed by atoms with E-state index in [1.807, 2.05) is 0 Å². The number of nitrogens with zero attached hydrogens (tertiary/aromatic N) is 3. The van der Waals surface area contributed by atoms with E-state index in [1.54, 1.807) is 6.07 Å². The van der Waals surface area contributed by atoms with Gasteiger partial charge in [-0.25, -0.2) is 9.59 Å². The molecule has 1 fully saturated rings. The maximum absolute atomic E-state index is 9.77. The zero-order valence-electron chi connectivity index (χ0n) is 19.7. The summed E-state index contributed by atoms with van der Waals surface area (Å²) in [5.74, 6) is -1.68. The van der Waals surface area contributed by atoms with E-state index < -0.39 is 24.1 Å². The second kappa shape index (κ2) is 12.9. The average Bonchev–Trinajstić information content (AvgIpc) is 3.35. The Balaban J connectivity index is 0.000000308. The molecule has 3 heterocycles. The predicted molar refractivity (Wildman–Crippen MR) is 129 cm³/mol. The molecule has 13 heteroatoms. The Hall–Kier alpha value is -2.93. The van der Waals surface area contributed by atoms with Crippen LogP contribution in [0.15, 0.2) is 10.5 Å². The van der Waals surface area contributed by atoms with Crippen LogP contribution >= 0.6 is 11.6 Å². The fraction of sp³-hybridized carbons (Fsp3) is 0.565. The van der Waals surface area contributed by atoms with Crippen molar-refractivity contribution in [2.75, 3.05) is 32.0 Å². The number of carboxylic acids is 2. The van der Waals surface area contributed by atoms with Gasteiger partial charge < -0.3 is 40.2 Å². The Bertz CT molecular complexity index is 1040. The third-order valence-corrected chi connectivity index (χ3v) is 6.32. The van der Waals surface area contributed by atoms with Crippen LogP contribution in [0.2, 0.25) is 5.02 Å². The molecule has 2 atom stereocenters. The number of aliphatic carboxylic acids is 2. The van der Waals surface area contributed by atoms with Crippen molar-refractivity contribution in [1.29, 1.82) is 0 Å². The summed E-state index contributed by atoms with van der Waals surface area (Å²) < 4.78 is 11.7. The number of aromatic nitrogens is 2. The molecule has 4 rings (SSSR count). The number of nitrogen functional groups attached to an aromatic ring is 1. The number of nitrogens with two attached hydrogens (primary N) is 1. The van der Waals surface area contributed by atoms with Gasteiger partial charge in [0.15, 0.2) is 12.2 Å². The van der Waals surface area contributed by atoms with Gasteiger partial charge in [-0.05, 0) is 57.8 Å². The second-order valence-electron chi connectivity index (χ2n) is 8.65. The van der Waals surface area contributed by atoms with Crippen molar-refractivity contribution in [3.8, 4) is 17.2 Å². The van der Waals surface area contributed by atoms with Gasteiger partial charge in [0.1, 0.15) is 5.75 Å². The van der Waals surface area contributed by atoms with Gasteiger partial charge in [-0.2, -0.15) is 0 Å². The summed E-state index contributed by atoms with van der Waals surface area (Å²) >= 11 is 6.30. The number of halogens is 1. The molecule has 0 amide bonds. The van der Waals surface area contributed by atoms with Crippen LogP contribution in [-0.2, 0) is 22.4 Å². The van der Waals surface area contributed by atoms with Gasteiger partial charge in [-0.15, -0.1) is 10.2 Å². The summed E-state index contributed by atoms with van der Waals surface area (Å²) in [6, 6.07) is 1.77. The quantitative estimate of drug-likeness (QED) is 0.312. The number of rotatable bonds is 8. The molecule has 0 saturated carbocycles. The van der Waals surface area contributed by atoms with Gasteiger partial charge >= 0.3 is 11.9 Å². The molecule has 1 aromatic heterocycles. The molecule has 2 unspecified atom stereocenters. The first-order valence-electron chi connectivity index (χ1n) is 11.8. The number of anilines is 1. The molecule has 36 heavy (non-hydrogen) atoms. The number of benzene rings is 1. The summed E-state index contributed by atoms with van der Waals surface area (Å²) in [6.45, 7) is 4.17. The number of aryl methyl sites for hydroxylation is 1. The van der Waals surface area contributed by atoms with Crippen LogP contribution < -0.4 is 10.5 Å². The van der Waals surface area contributed by atoms with Crippen molar-refractivity contribution in [3.63, 3.8) is 0 Å². The maximum atomic E-state index is 9.77. The van der Waals surface area contributed by atoms with Gasteiger partial charge in [-0.1, -0.05) is 18.0 Å². The van der Waals surface area contributed by atoms with Crippen LogP contribution in [0, 0.1) is 0 Å². The Labute approximate surface area is 212 Å². The molecular formula is C23H31ClN4O8. The van der Waals surface area contributed by atoms with Crippen molar-refractivity contribution in [2.45, 2.75) is 57.2 Å². The number of carbonyl (C=O) groups is 2. The van der Waals surface area contributed by atoms with Crippen molar-refractivity contribution < 1.29 is 39.2 Å². The minimum atomic E-state index is -2.27. The number of fused-ring (bicyclic) bond motifs is 1. The van der Waals surface area contributed by atoms with Crippen LogP contribution in [-0.4, -0.2) is 85.9 Å². The lowest BCUT2D eigenvalue weighted by Gasteiger charge is -2.25. The molecule has 0 aliphatic carbocycles. The lowest BCUT2D eigenvalue weighted by atomic mass is 10.00. The summed E-state index contributed by atoms with van der Waals surface area (Å²) in [7, 11) is 0. The third kappa shape index (κ3) is 7.06. The van der Waals surface area contributed by atoms with E-state index in [2.05, 4.69) is 15.1 Å². The molecule has 1 aromatic carbocycles. The maximum Gasteiger partial charge on any atom is 0.335 e. The van der Waals surface area contributed by atoms with Crippen LogP contribution in [0.1, 0.15) is 43.6 Å². The molecule has 2 aliphatic rings. The van der Waals surface area contributed by atoms with Crippen LogP contribution in [0.5, 0.6) is 5.75 Å². The van der Waals surface area contributed by atoms with E-state index in [-0.39, 0.29) is 0 Å². The minimum absolute atomic E-state index is 0.457. The topological polar surface area (TPSA) is 192 Å². The van der Waals surface area contributed by atoms with Crippen molar-refractivity contribution in [2.24, 2.45) is 0 Å². The lowest BCUT2D eigenvalue weighted by Crippen LogP contribution is -2.39. The van der Waals surface area contributed by atoms with Crippen molar-refractivity contribution in [3.05, 3.63) is 22.5 Å². The molecule has 12 nitrogen and oxygen atoms in total. The summed E-state index contributed by atoms with van der Waals surface area (Å²) in [5.41, 5.74) is 8.39. The predicted octanol–water partition coefficient (Wildman–Crippen LogP) is 1.59. The molecule has 6 N–H and O–H groups in total. The molecule has 198 valence electrons. The molecular weight excluding hydrogens is 496 g/mol. The van der Waals surface area contributed by atoms with E-state index in [0.717, 1.165) is 49.1 Å². The summed E-state index contributed by atoms with van der Waals surface area (Å²) in [5, 5.41) is 41.5. The zero-order chi connectivity index (χ0) is 26.2. The standard InChI is InChI=1S/C19H25ClN4O2.C4H6O6/c20-15-12-14(18-13(17(15)21)6-5-11-25-18)19-23-22-16(26-19)7-4-10-24-8-2-1-3-9-24;5-1(3(7)8)2(6)4(9)10/h12H,1-11,21H2;1-2,5-6H,(H,7,8)(H,9,10). The fourth-order valence-corrected chi connectivity index (χ4v) is 4.29. The van der Waals surface area contributed by atoms with Gasteiger partial charge in [0.25, 0.3) is 5.89 Å². The number of carboxylic acid groups (broad SMARTS) is 2. The van der Waals surface area contributed by atoms with Gasteiger partial charge in [0.05, 0.1) is 22.9 Å². The number of aliphatic hydroxyl groups excluding tert-OH is 2. The highest BCUT2D eigenvalue weighted by Crippen LogP contribution is 2.42.